The predicted octanol–water partition coefficient (Wildman–Crippen LogP) is 1.50. The van der Waals surface area contributed by atoms with E-state index in [-0.39, 0.29) is 28.7 Å². The van der Waals surface area contributed by atoms with Crippen LogP contribution in [-0.2, 0) is 4.79 Å². The number of anilines is 1. The van der Waals surface area contributed by atoms with Crippen LogP contribution in [-0.4, -0.2) is 30.3 Å². The van der Waals surface area contributed by atoms with Gasteiger partial charge in [-0.15, -0.1) is 0 Å². The molecule has 1 aromatic carbocycles. The van der Waals surface area contributed by atoms with Crippen molar-refractivity contribution in [3.63, 3.8) is 0 Å². The standard InChI is InChI=1S/C10H8ClFN2O2/c1-14-4-7(15)13-6-3-2-5(11)9(12)8(6)10(14)16/h2-3H,4H2,1H3,(H,13,15). The van der Waals surface area contributed by atoms with Crippen molar-refractivity contribution in [3.8, 4) is 0 Å². The quantitative estimate of drug-likeness (QED) is 0.750. The third-order valence-corrected chi connectivity index (χ3v) is 2.60. The SMILES string of the molecule is CN1CC(=O)Nc2ccc(Cl)c(F)c2C1=O. The van der Waals surface area contributed by atoms with Gasteiger partial charge < -0.3 is 10.2 Å². The fraction of sp³-hybridized carbons (Fsp3) is 0.200. The lowest BCUT2D eigenvalue weighted by molar-refractivity contribution is -0.116. The molecule has 84 valence electrons. The molecule has 1 N–H and O–H groups in total. The van der Waals surface area contributed by atoms with Gasteiger partial charge in [-0.25, -0.2) is 4.39 Å². The summed E-state index contributed by atoms with van der Waals surface area (Å²) in [5.41, 5.74) is -0.0397. The van der Waals surface area contributed by atoms with Crippen molar-refractivity contribution in [2.75, 3.05) is 18.9 Å². The molecular weight excluding hydrogens is 235 g/mol. The number of likely N-dealkylation sites (N-methyl/N-ethyl adjacent to an activating group) is 1. The molecular formula is C10H8ClFN2O2. The Bertz CT molecular complexity index is 490. The molecule has 2 rings (SSSR count). The Kier molecular flexibility index (Phi) is 2.55. The minimum absolute atomic E-state index is 0.107. The number of nitrogens with one attached hydrogen (secondary N) is 1. The Morgan fingerprint density at radius 3 is 2.81 bits per heavy atom. The maximum Gasteiger partial charge on any atom is 0.259 e. The molecule has 0 fully saturated rings. The second kappa shape index (κ2) is 3.75. The van der Waals surface area contributed by atoms with Crippen LogP contribution in [0.1, 0.15) is 10.4 Å². The van der Waals surface area contributed by atoms with Gasteiger partial charge in [0.15, 0.2) is 5.82 Å². The first-order chi connectivity index (χ1) is 7.50. The second-order valence-corrected chi connectivity index (χ2v) is 3.90. The summed E-state index contributed by atoms with van der Waals surface area (Å²) in [6, 6.07) is 2.71. The number of hydrogen-bond donors (Lipinski definition) is 1. The molecule has 4 nitrogen and oxygen atoms in total. The maximum absolute atomic E-state index is 13.7. The molecule has 0 saturated carbocycles. The number of halogens is 2. The first kappa shape index (κ1) is 10.9. The lowest BCUT2D eigenvalue weighted by Gasteiger charge is -2.12. The van der Waals surface area contributed by atoms with Crippen LogP contribution in [0.4, 0.5) is 10.1 Å². The van der Waals surface area contributed by atoms with Crippen molar-refractivity contribution >= 4 is 29.1 Å². The van der Waals surface area contributed by atoms with Gasteiger partial charge in [0.1, 0.15) is 5.56 Å². The summed E-state index contributed by atoms with van der Waals surface area (Å²) < 4.78 is 13.7. The largest absolute Gasteiger partial charge is 0.332 e. The van der Waals surface area contributed by atoms with E-state index >= 15 is 0 Å². The summed E-state index contributed by atoms with van der Waals surface area (Å²) in [4.78, 5) is 24.3. The third kappa shape index (κ3) is 1.63. The second-order valence-electron chi connectivity index (χ2n) is 3.49. The van der Waals surface area contributed by atoms with Gasteiger partial charge in [-0.1, -0.05) is 11.6 Å². The third-order valence-electron chi connectivity index (χ3n) is 2.31. The van der Waals surface area contributed by atoms with E-state index in [1.54, 1.807) is 0 Å². The van der Waals surface area contributed by atoms with Gasteiger partial charge in [0, 0.05) is 7.05 Å². The highest BCUT2D eigenvalue weighted by Crippen LogP contribution is 2.28. The topological polar surface area (TPSA) is 49.4 Å². The normalized spacial score (nSPS) is 15.6. The van der Waals surface area contributed by atoms with Gasteiger partial charge >= 0.3 is 0 Å². The highest BCUT2D eigenvalue weighted by atomic mass is 35.5. The molecule has 1 heterocycles. The van der Waals surface area contributed by atoms with Crippen molar-refractivity contribution in [1.29, 1.82) is 0 Å². The average molecular weight is 243 g/mol. The molecule has 0 radical (unpaired) electrons. The summed E-state index contributed by atoms with van der Waals surface area (Å²) in [6.07, 6.45) is 0. The molecule has 1 aliphatic rings. The summed E-state index contributed by atoms with van der Waals surface area (Å²) in [5, 5.41) is 2.31. The Morgan fingerprint density at radius 1 is 1.44 bits per heavy atom. The first-order valence-corrected chi connectivity index (χ1v) is 4.92. The number of benzene rings is 1. The van der Waals surface area contributed by atoms with Crippen LogP contribution in [0, 0.1) is 5.82 Å². The van der Waals surface area contributed by atoms with Crippen molar-refractivity contribution in [2.24, 2.45) is 0 Å². The van der Waals surface area contributed by atoms with Crippen LogP contribution in [0.3, 0.4) is 0 Å². The lowest BCUT2D eigenvalue weighted by Crippen LogP contribution is -2.31. The molecule has 1 aliphatic heterocycles. The van der Waals surface area contributed by atoms with Crippen LogP contribution >= 0.6 is 11.6 Å². The van der Waals surface area contributed by atoms with Crippen LogP contribution in [0.2, 0.25) is 5.02 Å². The fourth-order valence-electron chi connectivity index (χ4n) is 1.53. The smallest absolute Gasteiger partial charge is 0.259 e. The number of fused-ring (bicyclic) bond motifs is 1. The Balaban J connectivity index is 2.65. The van der Waals surface area contributed by atoms with E-state index < -0.39 is 11.7 Å². The molecule has 16 heavy (non-hydrogen) atoms. The number of hydrogen-bond acceptors (Lipinski definition) is 2. The van der Waals surface area contributed by atoms with E-state index in [0.717, 1.165) is 4.90 Å². The Labute approximate surface area is 96.0 Å². The monoisotopic (exact) mass is 242 g/mol. The molecule has 0 saturated heterocycles. The van der Waals surface area contributed by atoms with Gasteiger partial charge in [-0.3, -0.25) is 9.59 Å². The highest BCUT2D eigenvalue weighted by molar-refractivity contribution is 6.31. The molecule has 1 aromatic rings. The van der Waals surface area contributed by atoms with E-state index in [1.165, 1.54) is 19.2 Å². The first-order valence-electron chi connectivity index (χ1n) is 4.54. The number of amides is 2. The minimum atomic E-state index is -0.807. The van der Waals surface area contributed by atoms with Crippen LogP contribution in [0.5, 0.6) is 0 Å². The van der Waals surface area contributed by atoms with Crippen LogP contribution in [0.15, 0.2) is 12.1 Å². The van der Waals surface area contributed by atoms with Gasteiger partial charge in [0.25, 0.3) is 5.91 Å². The highest BCUT2D eigenvalue weighted by Gasteiger charge is 2.27. The summed E-state index contributed by atoms with van der Waals surface area (Å²) in [5.74, 6) is -1.73. The van der Waals surface area contributed by atoms with Gasteiger partial charge in [-0.05, 0) is 12.1 Å². The molecule has 0 aliphatic carbocycles. The number of carbonyl (C=O) groups excluding carboxylic acids is 2. The summed E-state index contributed by atoms with van der Waals surface area (Å²) in [7, 11) is 1.43. The number of carbonyl (C=O) groups is 2. The van der Waals surface area contributed by atoms with E-state index in [2.05, 4.69) is 5.32 Å². The lowest BCUT2D eigenvalue weighted by atomic mass is 10.1. The molecule has 2 amide bonds. The summed E-state index contributed by atoms with van der Waals surface area (Å²) in [6.45, 7) is -0.107. The van der Waals surface area contributed by atoms with E-state index in [0.29, 0.717) is 0 Å². The van der Waals surface area contributed by atoms with Crippen LogP contribution in [0.25, 0.3) is 0 Å². The molecule has 0 spiro atoms. The predicted molar refractivity (Wildman–Crippen MR) is 57.0 cm³/mol. The molecule has 0 aromatic heterocycles. The molecule has 0 atom stereocenters. The zero-order valence-corrected chi connectivity index (χ0v) is 9.14. The van der Waals surface area contributed by atoms with Gasteiger partial charge in [-0.2, -0.15) is 0 Å². The molecule has 0 bridgehead atoms. The zero-order valence-electron chi connectivity index (χ0n) is 8.38. The summed E-state index contributed by atoms with van der Waals surface area (Å²) >= 11 is 5.59. The maximum atomic E-state index is 13.7. The Hall–Kier alpha value is -1.62. The average Bonchev–Trinajstić information content (AvgIpc) is 2.32. The van der Waals surface area contributed by atoms with Crippen LogP contribution < -0.4 is 5.32 Å². The van der Waals surface area contributed by atoms with E-state index in [4.69, 9.17) is 11.6 Å². The molecule has 0 unspecified atom stereocenters. The van der Waals surface area contributed by atoms with E-state index in [9.17, 15) is 14.0 Å². The van der Waals surface area contributed by atoms with E-state index in [1.807, 2.05) is 0 Å². The fourth-order valence-corrected chi connectivity index (χ4v) is 1.69. The zero-order chi connectivity index (χ0) is 11.9. The number of nitrogens with zero attached hydrogens (tertiary/aromatic N) is 1. The molecule has 6 heteroatoms. The van der Waals surface area contributed by atoms with Crippen molar-refractivity contribution in [1.82, 2.24) is 4.90 Å². The Morgan fingerprint density at radius 2 is 2.12 bits per heavy atom. The van der Waals surface area contributed by atoms with Crippen molar-refractivity contribution < 1.29 is 14.0 Å². The van der Waals surface area contributed by atoms with Crippen molar-refractivity contribution in [2.45, 2.75) is 0 Å². The minimum Gasteiger partial charge on any atom is -0.332 e. The van der Waals surface area contributed by atoms with Gasteiger partial charge in [0.05, 0.1) is 17.3 Å². The number of rotatable bonds is 0. The van der Waals surface area contributed by atoms with Crippen molar-refractivity contribution in [3.05, 3.63) is 28.5 Å². The van der Waals surface area contributed by atoms with Gasteiger partial charge in [0.2, 0.25) is 5.91 Å².